The Hall–Kier alpha value is -2.91. The highest BCUT2D eigenvalue weighted by Gasteiger charge is 2.41. The molecule has 3 heteroatoms. The summed E-state index contributed by atoms with van der Waals surface area (Å²) in [5.41, 5.74) is 0.679. The summed E-state index contributed by atoms with van der Waals surface area (Å²) in [5, 5.41) is 14.5. The first kappa shape index (κ1) is 16.9. The number of amides is 1. The molecule has 0 saturated heterocycles. The fraction of sp³-hybridized carbons (Fsp3) is 0.136. The number of hydrogen-bond donors (Lipinski definition) is 2. The highest BCUT2D eigenvalue weighted by atomic mass is 16.3. The molecule has 2 N–H and O–H groups in total. The lowest BCUT2D eigenvalue weighted by Gasteiger charge is -2.34. The van der Waals surface area contributed by atoms with Crippen LogP contribution in [0.4, 0.5) is 5.69 Å². The second kappa shape index (κ2) is 7.32. The van der Waals surface area contributed by atoms with Gasteiger partial charge in [0.15, 0.2) is 0 Å². The predicted molar refractivity (Wildman–Crippen MR) is 100 cm³/mol. The van der Waals surface area contributed by atoms with Gasteiger partial charge in [-0.05, 0) is 23.3 Å². The molecular formula is C22H21NO2. The molecule has 3 nitrogen and oxygen atoms in total. The standard InChI is InChI=1S/C22H21NO2/c1-17(21(24)23-20-15-9-4-10-16-20)22(25,18-11-5-2-6-12-18)19-13-7-3-8-14-19/h2-17,25H,1H3,(H,23,24). The van der Waals surface area contributed by atoms with Gasteiger partial charge >= 0.3 is 0 Å². The van der Waals surface area contributed by atoms with Crippen molar-refractivity contribution in [3.8, 4) is 0 Å². The zero-order valence-corrected chi connectivity index (χ0v) is 14.1. The van der Waals surface area contributed by atoms with Crippen LogP contribution in [-0.2, 0) is 10.4 Å². The topological polar surface area (TPSA) is 49.3 Å². The number of aliphatic hydroxyl groups is 1. The summed E-state index contributed by atoms with van der Waals surface area (Å²) in [6.45, 7) is 1.75. The van der Waals surface area contributed by atoms with E-state index in [1.54, 1.807) is 6.92 Å². The first-order valence-corrected chi connectivity index (χ1v) is 8.31. The number of carbonyl (C=O) groups excluding carboxylic acids is 1. The Morgan fingerprint density at radius 3 is 1.64 bits per heavy atom. The van der Waals surface area contributed by atoms with Crippen molar-refractivity contribution in [3.05, 3.63) is 102 Å². The second-order valence-corrected chi connectivity index (χ2v) is 6.08. The second-order valence-electron chi connectivity index (χ2n) is 6.08. The third kappa shape index (κ3) is 3.47. The van der Waals surface area contributed by atoms with Crippen LogP contribution < -0.4 is 5.32 Å². The van der Waals surface area contributed by atoms with Crippen molar-refractivity contribution >= 4 is 11.6 Å². The number of anilines is 1. The molecular weight excluding hydrogens is 310 g/mol. The third-order valence-corrected chi connectivity index (χ3v) is 4.49. The van der Waals surface area contributed by atoms with E-state index in [9.17, 15) is 9.90 Å². The summed E-state index contributed by atoms with van der Waals surface area (Å²) < 4.78 is 0. The number of para-hydroxylation sites is 1. The smallest absolute Gasteiger partial charge is 0.230 e. The van der Waals surface area contributed by atoms with Crippen LogP contribution in [0, 0.1) is 5.92 Å². The highest BCUT2D eigenvalue weighted by Crippen LogP contribution is 2.37. The molecule has 0 fully saturated rings. The maximum absolute atomic E-state index is 12.8. The Kier molecular flexibility index (Phi) is 4.96. The minimum atomic E-state index is -1.42. The Morgan fingerprint density at radius 2 is 1.20 bits per heavy atom. The van der Waals surface area contributed by atoms with Crippen LogP contribution in [0.2, 0.25) is 0 Å². The molecule has 0 spiro atoms. The zero-order valence-electron chi connectivity index (χ0n) is 14.1. The number of hydrogen-bond acceptors (Lipinski definition) is 2. The zero-order chi connectivity index (χ0) is 17.7. The largest absolute Gasteiger partial charge is 0.380 e. The van der Waals surface area contributed by atoms with Crippen LogP contribution in [0.3, 0.4) is 0 Å². The van der Waals surface area contributed by atoms with Gasteiger partial charge in [-0.25, -0.2) is 0 Å². The number of nitrogens with one attached hydrogen (secondary N) is 1. The van der Waals surface area contributed by atoms with Crippen molar-refractivity contribution in [2.45, 2.75) is 12.5 Å². The number of carbonyl (C=O) groups is 1. The van der Waals surface area contributed by atoms with E-state index >= 15 is 0 Å². The maximum Gasteiger partial charge on any atom is 0.230 e. The minimum absolute atomic E-state index is 0.235. The summed E-state index contributed by atoms with van der Waals surface area (Å²) in [7, 11) is 0. The molecule has 0 aliphatic rings. The van der Waals surface area contributed by atoms with Crippen molar-refractivity contribution in [1.82, 2.24) is 0 Å². The fourth-order valence-electron chi connectivity index (χ4n) is 3.01. The number of benzene rings is 3. The molecule has 3 rings (SSSR count). The normalized spacial score (nSPS) is 12.4. The summed E-state index contributed by atoms with van der Waals surface area (Å²) in [6, 6.07) is 27.9. The molecule has 1 atom stereocenters. The maximum atomic E-state index is 12.8. The van der Waals surface area contributed by atoms with E-state index in [4.69, 9.17) is 0 Å². The Morgan fingerprint density at radius 1 is 0.800 bits per heavy atom. The highest BCUT2D eigenvalue weighted by molar-refractivity contribution is 5.93. The van der Waals surface area contributed by atoms with Crippen LogP contribution in [0.5, 0.6) is 0 Å². The third-order valence-electron chi connectivity index (χ3n) is 4.49. The van der Waals surface area contributed by atoms with Gasteiger partial charge in [0.05, 0.1) is 5.92 Å². The molecule has 1 unspecified atom stereocenters. The van der Waals surface area contributed by atoms with Crippen molar-refractivity contribution in [2.24, 2.45) is 5.92 Å². The van der Waals surface area contributed by atoms with E-state index in [1.807, 2.05) is 91.0 Å². The summed E-state index contributed by atoms with van der Waals surface area (Å²) in [5.74, 6) is -0.918. The van der Waals surface area contributed by atoms with Crippen LogP contribution in [0.1, 0.15) is 18.1 Å². The molecule has 1 amide bonds. The van der Waals surface area contributed by atoms with Crippen molar-refractivity contribution in [2.75, 3.05) is 5.32 Å². The molecule has 0 radical (unpaired) electrons. The van der Waals surface area contributed by atoms with Crippen molar-refractivity contribution in [1.29, 1.82) is 0 Å². The van der Waals surface area contributed by atoms with Gasteiger partial charge in [-0.1, -0.05) is 85.8 Å². The summed E-state index contributed by atoms with van der Waals surface area (Å²) in [6.07, 6.45) is 0. The lowest BCUT2D eigenvalue weighted by Crippen LogP contribution is -2.41. The van der Waals surface area contributed by atoms with Gasteiger partial charge in [0, 0.05) is 5.69 Å². The van der Waals surface area contributed by atoms with Gasteiger partial charge in [-0.15, -0.1) is 0 Å². The average molecular weight is 331 g/mol. The molecule has 3 aromatic rings. The van der Waals surface area contributed by atoms with E-state index in [-0.39, 0.29) is 5.91 Å². The van der Waals surface area contributed by atoms with Crippen LogP contribution in [0.15, 0.2) is 91.0 Å². The van der Waals surface area contributed by atoms with Gasteiger partial charge in [0.25, 0.3) is 0 Å². The Bertz CT molecular complexity index is 777. The molecule has 0 aliphatic heterocycles. The molecule has 3 aromatic carbocycles. The van der Waals surface area contributed by atoms with E-state index in [0.717, 1.165) is 0 Å². The minimum Gasteiger partial charge on any atom is -0.380 e. The van der Waals surface area contributed by atoms with E-state index in [1.165, 1.54) is 0 Å². The quantitative estimate of drug-likeness (QED) is 0.736. The lowest BCUT2D eigenvalue weighted by molar-refractivity contribution is -0.126. The predicted octanol–water partition coefficient (Wildman–Crippen LogP) is 4.20. The Balaban J connectivity index is 1.98. The summed E-state index contributed by atoms with van der Waals surface area (Å²) >= 11 is 0. The number of rotatable bonds is 5. The van der Waals surface area contributed by atoms with Gasteiger partial charge < -0.3 is 10.4 Å². The van der Waals surface area contributed by atoms with Crippen LogP contribution in [-0.4, -0.2) is 11.0 Å². The van der Waals surface area contributed by atoms with Crippen LogP contribution in [0.25, 0.3) is 0 Å². The Labute approximate surface area is 148 Å². The molecule has 0 aromatic heterocycles. The molecule has 0 bridgehead atoms. The van der Waals surface area contributed by atoms with Crippen molar-refractivity contribution < 1.29 is 9.90 Å². The first-order chi connectivity index (χ1) is 12.1. The van der Waals surface area contributed by atoms with Gasteiger partial charge in [-0.3, -0.25) is 4.79 Å². The molecule has 0 heterocycles. The SMILES string of the molecule is CC(C(=O)Nc1ccccc1)C(O)(c1ccccc1)c1ccccc1. The van der Waals surface area contributed by atoms with Crippen LogP contribution >= 0.6 is 0 Å². The molecule has 0 aliphatic carbocycles. The van der Waals surface area contributed by atoms with Gasteiger partial charge in [0.1, 0.15) is 5.60 Å². The first-order valence-electron chi connectivity index (χ1n) is 8.31. The lowest BCUT2D eigenvalue weighted by atomic mass is 9.76. The van der Waals surface area contributed by atoms with Gasteiger partial charge in [0.2, 0.25) is 5.91 Å². The van der Waals surface area contributed by atoms with E-state index in [0.29, 0.717) is 16.8 Å². The monoisotopic (exact) mass is 331 g/mol. The van der Waals surface area contributed by atoms with E-state index in [2.05, 4.69) is 5.32 Å². The molecule has 0 saturated carbocycles. The molecule has 126 valence electrons. The molecule has 25 heavy (non-hydrogen) atoms. The van der Waals surface area contributed by atoms with Crippen molar-refractivity contribution in [3.63, 3.8) is 0 Å². The summed E-state index contributed by atoms with van der Waals surface area (Å²) in [4.78, 5) is 12.8. The fourth-order valence-corrected chi connectivity index (χ4v) is 3.01. The van der Waals surface area contributed by atoms with Gasteiger partial charge in [-0.2, -0.15) is 0 Å². The van der Waals surface area contributed by atoms with E-state index < -0.39 is 11.5 Å². The average Bonchev–Trinajstić information content (AvgIpc) is 2.69.